The van der Waals surface area contributed by atoms with Crippen molar-refractivity contribution in [2.45, 2.75) is 20.0 Å². The van der Waals surface area contributed by atoms with E-state index in [4.69, 9.17) is 0 Å². The molecule has 0 saturated heterocycles. The lowest BCUT2D eigenvalue weighted by atomic mass is 10.1. The van der Waals surface area contributed by atoms with Crippen molar-refractivity contribution in [1.82, 2.24) is 25.0 Å². The summed E-state index contributed by atoms with van der Waals surface area (Å²) in [6.07, 6.45) is 5.43. The Hall–Kier alpha value is -2.42. The number of halogens is 1. The molecule has 0 aliphatic carbocycles. The Labute approximate surface area is 177 Å². The van der Waals surface area contributed by atoms with Crippen LogP contribution in [-0.2, 0) is 13.1 Å². The molecule has 142 valence electrons. The largest absolute Gasteiger partial charge is 0.352 e. The highest BCUT2D eigenvalue weighted by Gasteiger charge is 2.07. The van der Waals surface area contributed by atoms with E-state index in [1.807, 2.05) is 31.4 Å². The number of hydrogen-bond donors (Lipinski definition) is 1. The zero-order valence-corrected chi connectivity index (χ0v) is 18.2. The van der Waals surface area contributed by atoms with Gasteiger partial charge in [0.1, 0.15) is 0 Å². The molecule has 0 spiro atoms. The molecule has 0 radical (unpaired) electrons. The third-order valence-electron chi connectivity index (χ3n) is 4.11. The lowest BCUT2D eigenvalue weighted by Crippen LogP contribution is -2.38. The van der Waals surface area contributed by atoms with Crippen LogP contribution in [0.5, 0.6) is 0 Å². The Morgan fingerprint density at radius 2 is 1.93 bits per heavy atom. The SMILES string of the molecule is CN=C(NCc1ccnc(-n2cccn2)c1)N(C)Cc1ccc(C)cc1.I. The molecule has 6 nitrogen and oxygen atoms in total. The van der Waals surface area contributed by atoms with Gasteiger partial charge in [-0.15, -0.1) is 24.0 Å². The number of pyridine rings is 1. The molecular formula is C20H25IN6. The molecule has 0 amide bonds. The summed E-state index contributed by atoms with van der Waals surface area (Å²) in [6.45, 7) is 3.57. The summed E-state index contributed by atoms with van der Waals surface area (Å²) >= 11 is 0. The summed E-state index contributed by atoms with van der Waals surface area (Å²) in [5.74, 6) is 1.65. The number of aliphatic imine (C=N–C) groups is 1. The van der Waals surface area contributed by atoms with Gasteiger partial charge in [-0.25, -0.2) is 9.67 Å². The van der Waals surface area contributed by atoms with E-state index < -0.39 is 0 Å². The Bertz CT molecular complexity index is 858. The normalized spacial score (nSPS) is 11.0. The minimum Gasteiger partial charge on any atom is -0.352 e. The van der Waals surface area contributed by atoms with Crippen LogP contribution in [0.4, 0.5) is 0 Å². The first kappa shape index (κ1) is 20.9. The van der Waals surface area contributed by atoms with Crippen LogP contribution < -0.4 is 5.32 Å². The standard InChI is InChI=1S/C20H24N6.HI/c1-16-5-7-17(8-6-16)15-25(3)20(21-2)23-14-18-9-11-22-19(13-18)26-12-4-10-24-26;/h4-13H,14-15H2,1-3H3,(H,21,23);1H. The fourth-order valence-corrected chi connectivity index (χ4v) is 2.71. The van der Waals surface area contributed by atoms with E-state index in [0.717, 1.165) is 23.9 Å². The predicted molar refractivity (Wildman–Crippen MR) is 120 cm³/mol. The third-order valence-corrected chi connectivity index (χ3v) is 4.11. The van der Waals surface area contributed by atoms with Crippen LogP contribution >= 0.6 is 24.0 Å². The quantitative estimate of drug-likeness (QED) is 0.349. The fourth-order valence-electron chi connectivity index (χ4n) is 2.71. The van der Waals surface area contributed by atoms with E-state index in [9.17, 15) is 0 Å². The van der Waals surface area contributed by atoms with E-state index in [1.54, 1.807) is 24.1 Å². The number of guanidine groups is 1. The van der Waals surface area contributed by atoms with Crippen LogP contribution in [0, 0.1) is 6.92 Å². The van der Waals surface area contributed by atoms with Crippen molar-refractivity contribution >= 4 is 29.9 Å². The highest BCUT2D eigenvalue weighted by molar-refractivity contribution is 14.0. The first-order valence-electron chi connectivity index (χ1n) is 8.58. The van der Waals surface area contributed by atoms with E-state index in [0.29, 0.717) is 6.54 Å². The Kier molecular flexibility index (Phi) is 7.78. The molecule has 0 bridgehead atoms. The van der Waals surface area contributed by atoms with Crippen LogP contribution in [0.25, 0.3) is 5.82 Å². The molecule has 0 saturated carbocycles. The monoisotopic (exact) mass is 476 g/mol. The maximum Gasteiger partial charge on any atom is 0.193 e. The highest BCUT2D eigenvalue weighted by Crippen LogP contribution is 2.08. The Morgan fingerprint density at radius 3 is 2.59 bits per heavy atom. The number of hydrogen-bond acceptors (Lipinski definition) is 3. The molecule has 0 aliphatic heterocycles. The summed E-state index contributed by atoms with van der Waals surface area (Å²) in [5.41, 5.74) is 3.64. The number of nitrogens with one attached hydrogen (secondary N) is 1. The second-order valence-corrected chi connectivity index (χ2v) is 6.22. The second-order valence-electron chi connectivity index (χ2n) is 6.22. The van der Waals surface area contributed by atoms with Gasteiger partial charge in [0.25, 0.3) is 0 Å². The Morgan fingerprint density at radius 1 is 1.15 bits per heavy atom. The van der Waals surface area contributed by atoms with Crippen LogP contribution in [0.3, 0.4) is 0 Å². The van der Waals surface area contributed by atoms with Gasteiger partial charge in [0.15, 0.2) is 11.8 Å². The summed E-state index contributed by atoms with van der Waals surface area (Å²) in [5, 5.41) is 7.63. The van der Waals surface area contributed by atoms with Gasteiger partial charge in [0.2, 0.25) is 0 Å². The molecule has 0 atom stereocenters. The van der Waals surface area contributed by atoms with Crippen molar-refractivity contribution in [3.63, 3.8) is 0 Å². The van der Waals surface area contributed by atoms with Gasteiger partial charge in [-0.05, 0) is 36.2 Å². The van der Waals surface area contributed by atoms with Gasteiger partial charge in [0.05, 0.1) is 0 Å². The summed E-state index contributed by atoms with van der Waals surface area (Å²) in [6, 6.07) is 14.5. The molecular weight excluding hydrogens is 451 g/mol. The average Bonchev–Trinajstić information content (AvgIpc) is 3.19. The maximum absolute atomic E-state index is 4.39. The van der Waals surface area contributed by atoms with Gasteiger partial charge >= 0.3 is 0 Å². The van der Waals surface area contributed by atoms with Crippen LogP contribution in [0.15, 0.2) is 66.0 Å². The number of benzene rings is 1. The highest BCUT2D eigenvalue weighted by atomic mass is 127. The van der Waals surface area contributed by atoms with Crippen molar-refractivity contribution in [1.29, 1.82) is 0 Å². The maximum atomic E-state index is 4.39. The van der Waals surface area contributed by atoms with Gasteiger partial charge in [-0.3, -0.25) is 4.99 Å². The first-order valence-corrected chi connectivity index (χ1v) is 8.58. The summed E-state index contributed by atoms with van der Waals surface area (Å²) < 4.78 is 1.75. The number of rotatable bonds is 5. The van der Waals surface area contributed by atoms with Crippen LogP contribution in [0.2, 0.25) is 0 Å². The molecule has 27 heavy (non-hydrogen) atoms. The van der Waals surface area contributed by atoms with Crippen LogP contribution in [0.1, 0.15) is 16.7 Å². The van der Waals surface area contributed by atoms with Gasteiger partial charge in [-0.2, -0.15) is 5.10 Å². The summed E-state index contributed by atoms with van der Waals surface area (Å²) in [4.78, 5) is 10.9. The van der Waals surface area contributed by atoms with Gasteiger partial charge in [-0.1, -0.05) is 29.8 Å². The molecule has 0 fully saturated rings. The molecule has 0 unspecified atom stereocenters. The first-order chi connectivity index (χ1) is 12.7. The second kappa shape index (κ2) is 10.1. The number of aromatic nitrogens is 3. The van der Waals surface area contributed by atoms with E-state index >= 15 is 0 Å². The van der Waals surface area contributed by atoms with Crippen molar-refractivity contribution in [3.8, 4) is 5.82 Å². The molecule has 2 heterocycles. The molecule has 0 aliphatic rings. The molecule has 3 rings (SSSR count). The van der Waals surface area contributed by atoms with Gasteiger partial charge < -0.3 is 10.2 Å². The summed E-state index contributed by atoms with van der Waals surface area (Å²) in [7, 11) is 3.84. The third kappa shape index (κ3) is 5.78. The predicted octanol–water partition coefficient (Wildman–Crippen LogP) is 3.40. The van der Waals surface area contributed by atoms with E-state index in [1.165, 1.54) is 11.1 Å². The lowest BCUT2D eigenvalue weighted by Gasteiger charge is -2.22. The van der Waals surface area contributed by atoms with Crippen molar-refractivity contribution in [2.24, 2.45) is 4.99 Å². The van der Waals surface area contributed by atoms with Crippen molar-refractivity contribution in [3.05, 3.63) is 77.7 Å². The zero-order chi connectivity index (χ0) is 18.4. The number of aryl methyl sites for hydroxylation is 1. The average molecular weight is 476 g/mol. The Balaban J connectivity index is 0.00000261. The fraction of sp³-hybridized carbons (Fsp3) is 0.250. The van der Waals surface area contributed by atoms with Crippen molar-refractivity contribution < 1.29 is 0 Å². The van der Waals surface area contributed by atoms with Crippen LogP contribution in [-0.4, -0.2) is 39.7 Å². The number of nitrogens with zero attached hydrogens (tertiary/aromatic N) is 5. The van der Waals surface area contributed by atoms with E-state index in [-0.39, 0.29) is 24.0 Å². The zero-order valence-electron chi connectivity index (χ0n) is 15.8. The molecule has 3 aromatic rings. The smallest absolute Gasteiger partial charge is 0.193 e. The van der Waals surface area contributed by atoms with Crippen molar-refractivity contribution in [2.75, 3.05) is 14.1 Å². The van der Waals surface area contributed by atoms with Gasteiger partial charge in [0, 0.05) is 45.8 Å². The molecule has 1 N–H and O–H groups in total. The minimum absolute atomic E-state index is 0. The minimum atomic E-state index is 0. The molecule has 1 aromatic carbocycles. The lowest BCUT2D eigenvalue weighted by molar-refractivity contribution is 0.476. The van der Waals surface area contributed by atoms with E-state index in [2.05, 4.69) is 56.5 Å². The molecule has 7 heteroatoms. The topological polar surface area (TPSA) is 58.3 Å². The molecule has 2 aromatic heterocycles.